The molecule has 0 radical (unpaired) electrons. The molecule has 14 heavy (non-hydrogen) atoms. The van der Waals surface area contributed by atoms with E-state index in [0.717, 1.165) is 4.57 Å². The molecule has 0 bridgehead atoms. The Balaban J connectivity index is 2.67. The highest BCUT2D eigenvalue weighted by Gasteiger charge is 2.12. The molecule has 7 heteroatoms. The molecule has 1 heterocycles. The molecule has 1 rings (SSSR count). The summed E-state index contributed by atoms with van der Waals surface area (Å²) in [7, 11) is 0. The number of aliphatic carboxylic acids is 1. The largest absolute Gasteiger partial charge is 0.481 e. The second-order valence-corrected chi connectivity index (χ2v) is 3.04. The first kappa shape index (κ1) is 10.3. The zero-order valence-corrected chi connectivity index (χ0v) is 7.61. The molecule has 3 N–H and O–H groups in total. The van der Waals surface area contributed by atoms with Crippen molar-refractivity contribution in [2.75, 3.05) is 0 Å². The normalized spacial score (nSPS) is 12.6. The van der Waals surface area contributed by atoms with E-state index < -0.39 is 23.3 Å². The van der Waals surface area contributed by atoms with Gasteiger partial charge in [-0.15, -0.1) is 0 Å². The summed E-state index contributed by atoms with van der Waals surface area (Å²) in [5.74, 6) is -1.51. The number of H-pyrrole nitrogens is 2. The maximum absolute atomic E-state index is 11.0. The van der Waals surface area contributed by atoms with Crippen LogP contribution in [0, 0.1) is 5.92 Å². The molecule has 1 unspecified atom stereocenters. The van der Waals surface area contributed by atoms with Crippen molar-refractivity contribution in [1.82, 2.24) is 14.8 Å². The van der Waals surface area contributed by atoms with Crippen LogP contribution in [0.2, 0.25) is 0 Å². The van der Waals surface area contributed by atoms with Crippen LogP contribution in [0.3, 0.4) is 0 Å². The number of carbonyl (C=O) groups is 1. The molecular weight excluding hydrogens is 190 g/mol. The lowest BCUT2D eigenvalue weighted by Crippen LogP contribution is -2.28. The number of aromatic nitrogens is 3. The smallest absolute Gasteiger partial charge is 0.344 e. The van der Waals surface area contributed by atoms with Gasteiger partial charge in [0.25, 0.3) is 0 Å². The number of hydrogen-bond acceptors (Lipinski definition) is 3. The van der Waals surface area contributed by atoms with Crippen LogP contribution in [0.1, 0.15) is 13.3 Å². The number of carboxylic acid groups (broad SMARTS) is 1. The molecule has 7 nitrogen and oxygen atoms in total. The Labute approximate surface area is 78.4 Å². The van der Waals surface area contributed by atoms with Crippen molar-refractivity contribution in [3.05, 3.63) is 21.0 Å². The number of rotatable bonds is 4. The fourth-order valence-corrected chi connectivity index (χ4v) is 0.983. The van der Waals surface area contributed by atoms with Gasteiger partial charge in [0.2, 0.25) is 0 Å². The first-order valence-electron chi connectivity index (χ1n) is 4.12. The summed E-state index contributed by atoms with van der Waals surface area (Å²) < 4.78 is 0.930. The van der Waals surface area contributed by atoms with Crippen molar-refractivity contribution in [2.24, 2.45) is 5.92 Å². The van der Waals surface area contributed by atoms with Gasteiger partial charge >= 0.3 is 17.3 Å². The molecule has 0 spiro atoms. The highest BCUT2D eigenvalue weighted by Crippen LogP contribution is 2.01. The van der Waals surface area contributed by atoms with E-state index in [-0.39, 0.29) is 13.0 Å². The SMILES string of the molecule is CC(CCn1c(=O)[nH][nH]c1=O)C(=O)O. The van der Waals surface area contributed by atoms with Gasteiger partial charge in [-0.2, -0.15) is 0 Å². The van der Waals surface area contributed by atoms with E-state index in [1.807, 2.05) is 0 Å². The fraction of sp³-hybridized carbons (Fsp3) is 0.571. The number of nitrogens with one attached hydrogen (secondary N) is 2. The third kappa shape index (κ3) is 2.12. The summed E-state index contributed by atoms with van der Waals surface area (Å²) in [5, 5.41) is 12.8. The van der Waals surface area contributed by atoms with Crippen molar-refractivity contribution in [1.29, 1.82) is 0 Å². The van der Waals surface area contributed by atoms with E-state index in [0.29, 0.717) is 0 Å². The monoisotopic (exact) mass is 201 g/mol. The van der Waals surface area contributed by atoms with Gasteiger partial charge in [-0.25, -0.2) is 24.4 Å². The van der Waals surface area contributed by atoms with E-state index in [9.17, 15) is 14.4 Å². The van der Waals surface area contributed by atoms with E-state index in [2.05, 4.69) is 10.2 Å². The van der Waals surface area contributed by atoms with Crippen LogP contribution >= 0.6 is 0 Å². The third-order valence-electron chi connectivity index (χ3n) is 1.97. The van der Waals surface area contributed by atoms with Crippen LogP contribution in [0.15, 0.2) is 9.59 Å². The van der Waals surface area contributed by atoms with Gasteiger partial charge in [0.15, 0.2) is 0 Å². The molecule has 1 aromatic heterocycles. The first-order chi connectivity index (χ1) is 6.52. The summed E-state index contributed by atoms with van der Waals surface area (Å²) >= 11 is 0. The van der Waals surface area contributed by atoms with E-state index in [1.54, 1.807) is 0 Å². The van der Waals surface area contributed by atoms with Crippen molar-refractivity contribution in [3.8, 4) is 0 Å². The standard InChI is InChI=1S/C7H11N3O4/c1-4(5(11)12)2-3-10-6(13)8-9-7(10)14/h4H,2-3H2,1H3,(H,8,13)(H,9,14)(H,11,12). The molecule has 0 amide bonds. The molecule has 0 aliphatic carbocycles. The van der Waals surface area contributed by atoms with Gasteiger partial charge in [0.1, 0.15) is 0 Å². The van der Waals surface area contributed by atoms with Crippen LogP contribution in [0.5, 0.6) is 0 Å². The zero-order chi connectivity index (χ0) is 10.7. The molecule has 1 atom stereocenters. The van der Waals surface area contributed by atoms with Crippen molar-refractivity contribution in [2.45, 2.75) is 19.9 Å². The van der Waals surface area contributed by atoms with Gasteiger partial charge in [-0.1, -0.05) is 6.92 Å². The molecule has 0 aromatic carbocycles. The predicted octanol–water partition coefficient (Wildman–Crippen LogP) is -1.02. The summed E-state index contributed by atoms with van der Waals surface area (Å²) in [6.07, 6.45) is 0.246. The van der Waals surface area contributed by atoms with Crippen LogP contribution in [-0.4, -0.2) is 25.8 Å². The Morgan fingerprint density at radius 3 is 2.36 bits per heavy atom. The number of nitrogens with zero attached hydrogens (tertiary/aromatic N) is 1. The maximum atomic E-state index is 11.0. The molecule has 0 saturated carbocycles. The van der Waals surface area contributed by atoms with E-state index in [4.69, 9.17) is 5.11 Å². The Morgan fingerprint density at radius 1 is 1.43 bits per heavy atom. The minimum atomic E-state index is -0.940. The number of aromatic amines is 2. The Bertz CT molecular complexity index is 399. The highest BCUT2D eigenvalue weighted by molar-refractivity contribution is 5.69. The average Bonchev–Trinajstić information content (AvgIpc) is 2.43. The quantitative estimate of drug-likeness (QED) is 0.579. The summed E-state index contributed by atoms with van der Waals surface area (Å²) in [6, 6.07) is 0. The lowest BCUT2D eigenvalue weighted by atomic mass is 10.1. The van der Waals surface area contributed by atoms with Crippen molar-refractivity contribution in [3.63, 3.8) is 0 Å². The van der Waals surface area contributed by atoms with Gasteiger partial charge in [0.05, 0.1) is 5.92 Å². The third-order valence-corrected chi connectivity index (χ3v) is 1.97. The van der Waals surface area contributed by atoms with E-state index >= 15 is 0 Å². The van der Waals surface area contributed by atoms with Crippen molar-refractivity contribution < 1.29 is 9.90 Å². The molecule has 0 aliphatic rings. The number of carboxylic acids is 1. The second kappa shape index (κ2) is 3.95. The van der Waals surface area contributed by atoms with Gasteiger partial charge in [-0.3, -0.25) is 4.79 Å². The Kier molecular flexibility index (Phi) is 2.90. The fourth-order valence-electron chi connectivity index (χ4n) is 0.983. The summed E-state index contributed by atoms with van der Waals surface area (Å²) in [5.41, 5.74) is -1.10. The van der Waals surface area contributed by atoms with Crippen LogP contribution in [-0.2, 0) is 11.3 Å². The van der Waals surface area contributed by atoms with Gasteiger partial charge in [-0.05, 0) is 6.42 Å². The lowest BCUT2D eigenvalue weighted by molar-refractivity contribution is -0.141. The first-order valence-corrected chi connectivity index (χ1v) is 4.12. The average molecular weight is 201 g/mol. The Morgan fingerprint density at radius 2 is 1.93 bits per heavy atom. The van der Waals surface area contributed by atoms with E-state index in [1.165, 1.54) is 6.92 Å². The predicted molar refractivity (Wildman–Crippen MR) is 47.1 cm³/mol. The Hall–Kier alpha value is -1.79. The van der Waals surface area contributed by atoms with Crippen molar-refractivity contribution >= 4 is 5.97 Å². The minimum absolute atomic E-state index is 0.102. The van der Waals surface area contributed by atoms with Crippen LogP contribution in [0.25, 0.3) is 0 Å². The summed E-state index contributed by atoms with van der Waals surface area (Å²) in [6.45, 7) is 1.62. The van der Waals surface area contributed by atoms with Gasteiger partial charge in [0, 0.05) is 6.54 Å². The molecule has 0 aliphatic heterocycles. The van der Waals surface area contributed by atoms with Crippen LogP contribution < -0.4 is 11.4 Å². The lowest BCUT2D eigenvalue weighted by Gasteiger charge is -2.03. The topological polar surface area (TPSA) is 108 Å². The van der Waals surface area contributed by atoms with Crippen LogP contribution in [0.4, 0.5) is 0 Å². The maximum Gasteiger partial charge on any atom is 0.344 e. The number of hydrogen-bond donors (Lipinski definition) is 3. The molecule has 0 fully saturated rings. The van der Waals surface area contributed by atoms with Gasteiger partial charge < -0.3 is 5.11 Å². The molecule has 0 saturated heterocycles. The highest BCUT2D eigenvalue weighted by atomic mass is 16.4. The second-order valence-electron chi connectivity index (χ2n) is 3.04. The zero-order valence-electron chi connectivity index (χ0n) is 7.61. The summed E-state index contributed by atoms with van der Waals surface area (Å²) in [4.78, 5) is 32.3. The molecular formula is C7H11N3O4. The molecule has 78 valence electrons. The minimum Gasteiger partial charge on any atom is -0.481 e. The molecule has 1 aromatic rings.